The van der Waals surface area contributed by atoms with Gasteiger partial charge < -0.3 is 0 Å². The first-order valence-corrected chi connectivity index (χ1v) is 6.79. The van der Waals surface area contributed by atoms with E-state index < -0.39 is 0 Å². The van der Waals surface area contributed by atoms with E-state index in [0.717, 1.165) is 23.5 Å². The summed E-state index contributed by atoms with van der Waals surface area (Å²) in [4.78, 5) is 0. The number of rotatable bonds is 2. The second-order valence-corrected chi connectivity index (χ2v) is 6.56. The second-order valence-electron chi connectivity index (χ2n) is 5.80. The SMILES string of the molecule is N#CSCC12CC3CC(CC(C3)C1)C2. The predicted molar refractivity (Wildman–Crippen MR) is 58.7 cm³/mol. The van der Waals surface area contributed by atoms with Crippen LogP contribution in [0.25, 0.3) is 0 Å². The molecule has 4 fully saturated rings. The maximum atomic E-state index is 8.68. The minimum Gasteiger partial charge on any atom is -0.185 e. The van der Waals surface area contributed by atoms with Crippen LogP contribution in [-0.2, 0) is 0 Å². The number of thiocyanates is 1. The van der Waals surface area contributed by atoms with Gasteiger partial charge in [0.2, 0.25) is 0 Å². The molecule has 0 aliphatic heterocycles. The minimum absolute atomic E-state index is 0.592. The molecule has 0 unspecified atom stereocenters. The van der Waals surface area contributed by atoms with Gasteiger partial charge in [0.25, 0.3) is 0 Å². The molecule has 0 aromatic carbocycles. The van der Waals surface area contributed by atoms with Gasteiger partial charge in [0, 0.05) is 5.75 Å². The normalized spacial score (nSPS) is 49.2. The van der Waals surface area contributed by atoms with Gasteiger partial charge in [-0.25, -0.2) is 0 Å². The van der Waals surface area contributed by atoms with Gasteiger partial charge in [0.15, 0.2) is 0 Å². The Morgan fingerprint density at radius 1 is 1.07 bits per heavy atom. The number of nitrogens with zero attached hydrogens (tertiary/aromatic N) is 1. The molecule has 2 heteroatoms. The molecule has 0 spiro atoms. The number of thioether (sulfide) groups is 1. The molecule has 0 saturated heterocycles. The zero-order valence-electron chi connectivity index (χ0n) is 8.54. The first-order valence-electron chi connectivity index (χ1n) is 5.80. The van der Waals surface area contributed by atoms with Gasteiger partial charge >= 0.3 is 0 Å². The maximum Gasteiger partial charge on any atom is 0.133 e. The zero-order chi connectivity index (χ0) is 9.60. The largest absolute Gasteiger partial charge is 0.185 e. The van der Waals surface area contributed by atoms with Crippen molar-refractivity contribution in [1.82, 2.24) is 0 Å². The van der Waals surface area contributed by atoms with Crippen molar-refractivity contribution in [1.29, 1.82) is 5.26 Å². The van der Waals surface area contributed by atoms with Crippen LogP contribution in [0.2, 0.25) is 0 Å². The predicted octanol–water partition coefficient (Wildman–Crippen LogP) is 3.42. The minimum atomic E-state index is 0.592. The van der Waals surface area contributed by atoms with Gasteiger partial charge in [-0.1, -0.05) is 0 Å². The molecule has 4 rings (SSSR count). The molecule has 4 saturated carbocycles. The molecule has 0 aromatic rings. The van der Waals surface area contributed by atoms with Crippen molar-refractivity contribution >= 4 is 11.8 Å². The third kappa shape index (κ3) is 1.37. The van der Waals surface area contributed by atoms with E-state index >= 15 is 0 Å². The standard InChI is InChI=1S/C12H17NS/c13-8-14-7-12-4-9-1-10(5-12)3-11(2-9)6-12/h9-11H,1-7H2. The zero-order valence-corrected chi connectivity index (χ0v) is 9.35. The van der Waals surface area contributed by atoms with E-state index in [2.05, 4.69) is 5.40 Å². The van der Waals surface area contributed by atoms with Crippen LogP contribution in [0.3, 0.4) is 0 Å². The molecule has 0 amide bonds. The Morgan fingerprint density at radius 3 is 2.00 bits per heavy atom. The lowest BCUT2D eigenvalue weighted by molar-refractivity contribution is -0.0380. The fraction of sp³-hybridized carbons (Fsp3) is 0.917. The lowest BCUT2D eigenvalue weighted by atomic mass is 9.50. The summed E-state index contributed by atoms with van der Waals surface area (Å²) in [6.45, 7) is 0. The van der Waals surface area contributed by atoms with E-state index in [-0.39, 0.29) is 0 Å². The van der Waals surface area contributed by atoms with Gasteiger partial charge in [-0.05, 0) is 73.5 Å². The quantitative estimate of drug-likeness (QED) is 0.648. The van der Waals surface area contributed by atoms with Crippen molar-refractivity contribution in [3.8, 4) is 5.40 Å². The lowest BCUT2D eigenvalue weighted by Crippen LogP contribution is -2.47. The van der Waals surface area contributed by atoms with E-state index in [9.17, 15) is 0 Å². The van der Waals surface area contributed by atoms with Crippen LogP contribution in [0.1, 0.15) is 38.5 Å². The summed E-state index contributed by atoms with van der Waals surface area (Å²) >= 11 is 1.50. The Hall–Kier alpha value is -0.160. The highest BCUT2D eigenvalue weighted by atomic mass is 32.2. The van der Waals surface area contributed by atoms with E-state index in [1.807, 2.05) is 0 Å². The van der Waals surface area contributed by atoms with Gasteiger partial charge in [-0.3, -0.25) is 0 Å². The highest BCUT2D eigenvalue weighted by Crippen LogP contribution is 2.60. The Labute approximate surface area is 90.3 Å². The summed E-state index contributed by atoms with van der Waals surface area (Å²) in [5, 5.41) is 10.9. The first kappa shape index (κ1) is 9.09. The van der Waals surface area contributed by atoms with Crippen LogP contribution in [0.15, 0.2) is 0 Å². The number of hydrogen-bond donors (Lipinski definition) is 0. The molecule has 4 aliphatic rings. The molecular formula is C12H17NS. The van der Waals surface area contributed by atoms with Gasteiger partial charge in [-0.2, -0.15) is 5.26 Å². The highest BCUT2D eigenvalue weighted by molar-refractivity contribution is 8.03. The van der Waals surface area contributed by atoms with Gasteiger partial charge in [0.1, 0.15) is 5.40 Å². The Bertz CT molecular complexity index is 243. The summed E-state index contributed by atoms with van der Waals surface area (Å²) < 4.78 is 0. The molecular weight excluding hydrogens is 190 g/mol. The summed E-state index contributed by atoms with van der Waals surface area (Å²) in [6.07, 6.45) is 8.85. The third-order valence-electron chi connectivity index (χ3n) is 4.61. The molecule has 0 N–H and O–H groups in total. The molecule has 0 aromatic heterocycles. The van der Waals surface area contributed by atoms with Crippen molar-refractivity contribution in [2.75, 3.05) is 5.75 Å². The smallest absolute Gasteiger partial charge is 0.133 e. The summed E-state index contributed by atoms with van der Waals surface area (Å²) in [6, 6.07) is 0. The van der Waals surface area contributed by atoms with E-state index in [1.54, 1.807) is 0 Å². The van der Waals surface area contributed by atoms with Crippen LogP contribution in [-0.4, -0.2) is 5.75 Å². The highest BCUT2D eigenvalue weighted by Gasteiger charge is 2.50. The van der Waals surface area contributed by atoms with Crippen molar-refractivity contribution in [3.63, 3.8) is 0 Å². The fourth-order valence-corrected chi connectivity index (χ4v) is 5.38. The van der Waals surface area contributed by atoms with Crippen LogP contribution < -0.4 is 0 Å². The molecule has 76 valence electrons. The topological polar surface area (TPSA) is 23.8 Å². The molecule has 4 bridgehead atoms. The molecule has 4 aliphatic carbocycles. The fourth-order valence-electron chi connectivity index (χ4n) is 4.65. The molecule has 0 atom stereocenters. The number of nitriles is 1. The molecule has 1 nitrogen and oxygen atoms in total. The van der Waals surface area contributed by atoms with Gasteiger partial charge in [0.05, 0.1) is 0 Å². The first-order chi connectivity index (χ1) is 6.80. The van der Waals surface area contributed by atoms with E-state index in [4.69, 9.17) is 5.26 Å². The summed E-state index contributed by atoms with van der Waals surface area (Å²) in [5.41, 5.74) is 0.592. The third-order valence-corrected chi connectivity index (χ3v) is 5.49. The maximum absolute atomic E-state index is 8.68. The Balaban J connectivity index is 1.78. The number of hydrogen-bond acceptors (Lipinski definition) is 2. The average Bonchev–Trinajstić information content (AvgIpc) is 2.12. The van der Waals surface area contributed by atoms with E-state index in [1.165, 1.54) is 50.3 Å². The average molecular weight is 207 g/mol. The summed E-state index contributed by atoms with van der Waals surface area (Å²) in [7, 11) is 0. The van der Waals surface area contributed by atoms with E-state index in [0.29, 0.717) is 5.41 Å². The molecule has 14 heavy (non-hydrogen) atoms. The van der Waals surface area contributed by atoms with Gasteiger partial charge in [-0.15, -0.1) is 0 Å². The van der Waals surface area contributed by atoms with Crippen molar-refractivity contribution in [2.24, 2.45) is 23.2 Å². The Morgan fingerprint density at radius 2 is 1.57 bits per heavy atom. The summed E-state index contributed by atoms with van der Waals surface area (Å²) in [5.74, 6) is 4.20. The van der Waals surface area contributed by atoms with Crippen molar-refractivity contribution in [3.05, 3.63) is 0 Å². The van der Waals surface area contributed by atoms with Crippen LogP contribution in [0, 0.1) is 33.8 Å². The lowest BCUT2D eigenvalue weighted by Gasteiger charge is -2.56. The van der Waals surface area contributed by atoms with Crippen LogP contribution in [0.4, 0.5) is 0 Å². The van der Waals surface area contributed by atoms with Crippen molar-refractivity contribution < 1.29 is 0 Å². The van der Waals surface area contributed by atoms with Crippen LogP contribution in [0.5, 0.6) is 0 Å². The van der Waals surface area contributed by atoms with Crippen molar-refractivity contribution in [2.45, 2.75) is 38.5 Å². The second kappa shape index (κ2) is 3.17. The van der Waals surface area contributed by atoms with Crippen LogP contribution >= 0.6 is 11.8 Å². The Kier molecular flexibility index (Phi) is 2.06. The molecule has 0 radical (unpaired) electrons. The molecule has 0 heterocycles. The monoisotopic (exact) mass is 207 g/mol.